The van der Waals surface area contributed by atoms with Gasteiger partial charge < -0.3 is 15.8 Å². The molecule has 110 valence electrons. The minimum Gasteiger partial charge on any atom is -0.398 e. The van der Waals surface area contributed by atoms with E-state index < -0.39 is 0 Å². The molecule has 0 spiro atoms. The van der Waals surface area contributed by atoms with Gasteiger partial charge in [-0.1, -0.05) is 18.5 Å². The van der Waals surface area contributed by atoms with Gasteiger partial charge in [-0.15, -0.1) is 0 Å². The molecule has 1 saturated heterocycles. The van der Waals surface area contributed by atoms with E-state index in [2.05, 4.69) is 5.32 Å². The molecule has 0 aromatic heterocycles. The van der Waals surface area contributed by atoms with E-state index in [-0.39, 0.29) is 30.0 Å². The zero-order chi connectivity index (χ0) is 15.0. The first-order valence-electron chi connectivity index (χ1n) is 6.83. The highest BCUT2D eigenvalue weighted by Gasteiger charge is 2.41. The van der Waals surface area contributed by atoms with E-state index >= 15 is 0 Å². The third kappa shape index (κ3) is 2.76. The molecule has 20 heavy (non-hydrogen) atoms. The van der Waals surface area contributed by atoms with Gasteiger partial charge in [0.25, 0.3) is 0 Å². The third-order valence-corrected chi connectivity index (χ3v) is 4.47. The maximum atomic E-state index is 12.5. The van der Waals surface area contributed by atoms with Crippen LogP contribution in [0, 0.1) is 18.8 Å². The van der Waals surface area contributed by atoms with Crippen LogP contribution >= 0.6 is 11.6 Å². The number of carbonyl (C=O) groups excluding carboxylic acids is 1. The molecule has 5 heteroatoms. The Bertz CT molecular complexity index is 533. The van der Waals surface area contributed by atoms with Gasteiger partial charge in [-0.2, -0.15) is 0 Å². The summed E-state index contributed by atoms with van der Waals surface area (Å²) in [5, 5.41) is 3.39. The molecule has 1 aromatic rings. The summed E-state index contributed by atoms with van der Waals surface area (Å²) in [7, 11) is 0. The van der Waals surface area contributed by atoms with Crippen LogP contribution in [0.3, 0.4) is 0 Å². The van der Waals surface area contributed by atoms with E-state index in [9.17, 15) is 4.79 Å². The van der Waals surface area contributed by atoms with Gasteiger partial charge in [-0.25, -0.2) is 0 Å². The molecule has 1 fully saturated rings. The van der Waals surface area contributed by atoms with Crippen molar-refractivity contribution in [2.45, 2.75) is 39.9 Å². The van der Waals surface area contributed by atoms with Crippen molar-refractivity contribution in [2.75, 3.05) is 11.1 Å². The number of nitrogens with one attached hydrogen (secondary N) is 1. The second-order valence-electron chi connectivity index (χ2n) is 5.61. The highest BCUT2D eigenvalue weighted by Crippen LogP contribution is 2.34. The van der Waals surface area contributed by atoms with Gasteiger partial charge in [0.2, 0.25) is 5.91 Å². The van der Waals surface area contributed by atoms with Crippen molar-refractivity contribution in [2.24, 2.45) is 11.8 Å². The van der Waals surface area contributed by atoms with E-state index in [1.807, 2.05) is 27.7 Å². The number of hydrogen-bond donors (Lipinski definition) is 2. The Hall–Kier alpha value is -1.26. The quantitative estimate of drug-likeness (QED) is 0.824. The molecule has 1 aliphatic heterocycles. The zero-order valence-electron chi connectivity index (χ0n) is 12.2. The van der Waals surface area contributed by atoms with Crippen LogP contribution in [-0.2, 0) is 9.53 Å². The Labute approximate surface area is 124 Å². The van der Waals surface area contributed by atoms with Gasteiger partial charge in [0, 0.05) is 5.69 Å². The molecular formula is C15H21ClN2O2. The van der Waals surface area contributed by atoms with Crippen molar-refractivity contribution in [3.8, 4) is 0 Å². The second-order valence-corrected chi connectivity index (χ2v) is 6.02. The highest BCUT2D eigenvalue weighted by atomic mass is 35.5. The monoisotopic (exact) mass is 296 g/mol. The summed E-state index contributed by atoms with van der Waals surface area (Å²) < 4.78 is 5.71. The topological polar surface area (TPSA) is 64.3 Å². The van der Waals surface area contributed by atoms with Crippen molar-refractivity contribution in [1.29, 1.82) is 0 Å². The lowest BCUT2D eigenvalue weighted by Gasteiger charge is -2.19. The van der Waals surface area contributed by atoms with Crippen LogP contribution in [-0.4, -0.2) is 18.1 Å². The Morgan fingerprint density at radius 1 is 1.30 bits per heavy atom. The lowest BCUT2D eigenvalue weighted by atomic mass is 9.88. The summed E-state index contributed by atoms with van der Waals surface area (Å²) in [5.74, 6) is 0.00794. The number of benzene rings is 1. The molecule has 4 atom stereocenters. The minimum atomic E-state index is -0.152. The third-order valence-electron chi connectivity index (χ3n) is 4.15. The van der Waals surface area contributed by atoms with Crippen molar-refractivity contribution in [1.82, 2.24) is 0 Å². The minimum absolute atomic E-state index is 0.0294. The van der Waals surface area contributed by atoms with Crippen molar-refractivity contribution in [3.05, 3.63) is 22.7 Å². The van der Waals surface area contributed by atoms with Crippen LogP contribution in [0.5, 0.6) is 0 Å². The number of nitrogens with two attached hydrogens (primary N) is 1. The molecule has 0 aliphatic carbocycles. The predicted molar refractivity (Wildman–Crippen MR) is 81.9 cm³/mol. The Kier molecular flexibility index (Phi) is 4.25. The average molecular weight is 297 g/mol. The Morgan fingerprint density at radius 3 is 2.50 bits per heavy atom. The molecule has 0 radical (unpaired) electrons. The van der Waals surface area contributed by atoms with Crippen LogP contribution in [0.25, 0.3) is 0 Å². The second kappa shape index (κ2) is 5.62. The van der Waals surface area contributed by atoms with E-state index in [4.69, 9.17) is 22.1 Å². The number of amides is 1. The number of rotatable bonds is 2. The lowest BCUT2D eigenvalue weighted by molar-refractivity contribution is -0.121. The number of nitrogen functional groups attached to an aromatic ring is 1. The summed E-state index contributed by atoms with van der Waals surface area (Å²) in [6, 6.07) is 3.46. The number of aryl methyl sites for hydroxylation is 1. The van der Waals surface area contributed by atoms with Crippen LogP contribution in [0.2, 0.25) is 5.02 Å². The summed E-state index contributed by atoms with van der Waals surface area (Å²) in [5.41, 5.74) is 7.85. The average Bonchev–Trinajstić information content (AvgIpc) is 2.60. The molecule has 1 heterocycles. The van der Waals surface area contributed by atoms with Crippen LogP contribution in [0.4, 0.5) is 11.4 Å². The molecule has 1 aliphatic rings. The van der Waals surface area contributed by atoms with Gasteiger partial charge >= 0.3 is 0 Å². The summed E-state index contributed by atoms with van der Waals surface area (Å²) in [4.78, 5) is 12.5. The largest absolute Gasteiger partial charge is 0.398 e. The number of halogens is 1. The highest BCUT2D eigenvalue weighted by molar-refractivity contribution is 6.33. The fourth-order valence-corrected chi connectivity index (χ4v) is 2.94. The number of anilines is 2. The SMILES string of the molecule is Cc1cc(N)c(Cl)cc1NC(=O)C1C(C)OC(C)C1C. The fraction of sp³-hybridized carbons (Fsp3) is 0.533. The number of carbonyl (C=O) groups is 1. The van der Waals surface area contributed by atoms with E-state index in [1.165, 1.54) is 0 Å². The number of ether oxygens (including phenoxy) is 1. The number of hydrogen-bond acceptors (Lipinski definition) is 3. The van der Waals surface area contributed by atoms with E-state index in [1.54, 1.807) is 12.1 Å². The first kappa shape index (κ1) is 15.1. The summed E-state index contributed by atoms with van der Waals surface area (Å²) in [6.07, 6.45) is 0.0152. The van der Waals surface area contributed by atoms with Gasteiger partial charge in [0.15, 0.2) is 0 Å². The standard InChI is InChI=1S/C15H21ClN2O2/c1-7-5-12(17)11(16)6-13(7)18-15(19)14-8(2)9(3)20-10(14)4/h5-6,8-10,14H,17H2,1-4H3,(H,18,19). The summed E-state index contributed by atoms with van der Waals surface area (Å²) in [6.45, 7) is 7.87. The van der Waals surface area contributed by atoms with Gasteiger partial charge in [0.05, 0.1) is 28.8 Å². The van der Waals surface area contributed by atoms with Gasteiger partial charge in [-0.05, 0) is 44.4 Å². The van der Waals surface area contributed by atoms with Crippen molar-refractivity contribution >= 4 is 28.9 Å². The van der Waals surface area contributed by atoms with Crippen LogP contribution < -0.4 is 11.1 Å². The maximum absolute atomic E-state index is 12.5. The van der Waals surface area contributed by atoms with E-state index in [0.717, 1.165) is 5.56 Å². The molecule has 3 N–H and O–H groups in total. The molecule has 1 aromatic carbocycles. The van der Waals surface area contributed by atoms with Crippen molar-refractivity contribution in [3.63, 3.8) is 0 Å². The van der Waals surface area contributed by atoms with E-state index in [0.29, 0.717) is 16.4 Å². The fourth-order valence-electron chi connectivity index (χ4n) is 2.77. The Morgan fingerprint density at radius 2 is 1.95 bits per heavy atom. The zero-order valence-corrected chi connectivity index (χ0v) is 13.0. The molecule has 4 unspecified atom stereocenters. The van der Waals surface area contributed by atoms with Crippen LogP contribution in [0.1, 0.15) is 26.3 Å². The Balaban J connectivity index is 2.18. The lowest BCUT2D eigenvalue weighted by Crippen LogP contribution is -2.32. The molecule has 4 nitrogen and oxygen atoms in total. The predicted octanol–water partition coefficient (Wildman–Crippen LogP) is 3.23. The molecule has 2 rings (SSSR count). The molecule has 1 amide bonds. The molecular weight excluding hydrogens is 276 g/mol. The molecule has 0 bridgehead atoms. The molecule has 0 saturated carbocycles. The van der Waals surface area contributed by atoms with Gasteiger partial charge in [0.1, 0.15) is 0 Å². The first-order valence-corrected chi connectivity index (χ1v) is 7.21. The van der Waals surface area contributed by atoms with Crippen LogP contribution in [0.15, 0.2) is 12.1 Å². The summed E-state index contributed by atoms with van der Waals surface area (Å²) >= 11 is 6.01. The normalized spacial score (nSPS) is 29.4. The van der Waals surface area contributed by atoms with Crippen molar-refractivity contribution < 1.29 is 9.53 Å². The first-order chi connectivity index (χ1) is 9.31. The smallest absolute Gasteiger partial charge is 0.230 e. The van der Waals surface area contributed by atoms with Gasteiger partial charge in [-0.3, -0.25) is 4.79 Å². The maximum Gasteiger partial charge on any atom is 0.230 e.